The number of rotatable bonds is 4. The molecule has 0 aromatic heterocycles. The zero-order valence-corrected chi connectivity index (χ0v) is 10.7. The molecule has 2 aromatic rings. The lowest BCUT2D eigenvalue weighted by Gasteiger charge is -2.08. The standard InChI is InChI=1S/C14H13F2NS/c1-17-9-10-4-2-3-5-14(10)18-11-6-7-12(15)13(16)8-11/h2-8,17H,9H2,1H3. The molecule has 0 fully saturated rings. The first-order valence-corrected chi connectivity index (χ1v) is 6.38. The van der Waals surface area contributed by atoms with Crippen molar-refractivity contribution in [3.63, 3.8) is 0 Å². The third-order valence-electron chi connectivity index (χ3n) is 2.46. The quantitative estimate of drug-likeness (QED) is 0.901. The Balaban J connectivity index is 2.25. The van der Waals surface area contributed by atoms with E-state index in [2.05, 4.69) is 5.32 Å². The van der Waals surface area contributed by atoms with Gasteiger partial charge in [0.25, 0.3) is 0 Å². The number of nitrogens with one attached hydrogen (secondary N) is 1. The Kier molecular flexibility index (Phi) is 4.33. The SMILES string of the molecule is CNCc1ccccc1Sc1ccc(F)c(F)c1. The van der Waals surface area contributed by atoms with Crippen LogP contribution in [0, 0.1) is 11.6 Å². The van der Waals surface area contributed by atoms with Gasteiger partial charge in [-0.3, -0.25) is 0 Å². The molecule has 0 aliphatic carbocycles. The number of benzene rings is 2. The Morgan fingerprint density at radius 3 is 2.56 bits per heavy atom. The lowest BCUT2D eigenvalue weighted by molar-refractivity contribution is 0.506. The van der Waals surface area contributed by atoms with Crippen molar-refractivity contribution in [2.75, 3.05) is 7.05 Å². The van der Waals surface area contributed by atoms with Gasteiger partial charge in [0.1, 0.15) is 0 Å². The third kappa shape index (κ3) is 3.09. The van der Waals surface area contributed by atoms with Crippen LogP contribution in [0.25, 0.3) is 0 Å². The van der Waals surface area contributed by atoms with E-state index < -0.39 is 11.6 Å². The zero-order valence-electron chi connectivity index (χ0n) is 9.91. The van der Waals surface area contributed by atoms with Crippen LogP contribution >= 0.6 is 11.8 Å². The molecule has 0 atom stereocenters. The van der Waals surface area contributed by atoms with Gasteiger partial charge in [0.2, 0.25) is 0 Å². The van der Waals surface area contributed by atoms with E-state index in [4.69, 9.17) is 0 Å². The second-order valence-electron chi connectivity index (χ2n) is 3.82. The molecule has 94 valence electrons. The highest BCUT2D eigenvalue weighted by Crippen LogP contribution is 2.31. The summed E-state index contributed by atoms with van der Waals surface area (Å²) in [6.45, 7) is 0.743. The fraction of sp³-hybridized carbons (Fsp3) is 0.143. The zero-order chi connectivity index (χ0) is 13.0. The van der Waals surface area contributed by atoms with Crippen molar-refractivity contribution in [3.8, 4) is 0 Å². The minimum absolute atomic E-state index is 0.692. The van der Waals surface area contributed by atoms with E-state index in [-0.39, 0.29) is 0 Å². The summed E-state index contributed by atoms with van der Waals surface area (Å²) in [5.41, 5.74) is 1.13. The number of halogens is 2. The van der Waals surface area contributed by atoms with Gasteiger partial charge < -0.3 is 5.32 Å². The van der Waals surface area contributed by atoms with Gasteiger partial charge in [-0.25, -0.2) is 8.78 Å². The first kappa shape index (κ1) is 13.1. The van der Waals surface area contributed by atoms with Crippen LogP contribution in [0.1, 0.15) is 5.56 Å². The molecule has 4 heteroatoms. The van der Waals surface area contributed by atoms with E-state index in [1.54, 1.807) is 6.07 Å². The van der Waals surface area contributed by atoms with Crippen molar-refractivity contribution >= 4 is 11.8 Å². The predicted octanol–water partition coefficient (Wildman–Crippen LogP) is 3.84. The molecule has 0 amide bonds. The highest BCUT2D eigenvalue weighted by atomic mass is 32.2. The van der Waals surface area contributed by atoms with Crippen molar-refractivity contribution in [1.29, 1.82) is 0 Å². The Morgan fingerprint density at radius 1 is 1.06 bits per heavy atom. The molecule has 18 heavy (non-hydrogen) atoms. The number of hydrogen-bond acceptors (Lipinski definition) is 2. The van der Waals surface area contributed by atoms with Gasteiger partial charge in [-0.05, 0) is 36.9 Å². The van der Waals surface area contributed by atoms with E-state index in [9.17, 15) is 8.78 Å². The third-order valence-corrected chi connectivity index (χ3v) is 3.57. The molecule has 2 rings (SSSR count). The average Bonchev–Trinajstić information content (AvgIpc) is 2.37. The lowest BCUT2D eigenvalue weighted by Crippen LogP contribution is -2.05. The summed E-state index contributed by atoms with van der Waals surface area (Å²) in [5.74, 6) is -1.63. The Hall–Kier alpha value is -1.39. The molecule has 0 aliphatic rings. The maximum absolute atomic E-state index is 13.1. The van der Waals surface area contributed by atoms with Gasteiger partial charge in [0, 0.05) is 16.3 Å². The molecule has 0 unspecified atom stereocenters. The van der Waals surface area contributed by atoms with E-state index in [0.29, 0.717) is 4.90 Å². The molecule has 1 nitrogen and oxygen atoms in total. The second kappa shape index (κ2) is 5.98. The van der Waals surface area contributed by atoms with Crippen molar-refractivity contribution < 1.29 is 8.78 Å². The highest BCUT2D eigenvalue weighted by molar-refractivity contribution is 7.99. The van der Waals surface area contributed by atoms with Crippen molar-refractivity contribution in [2.45, 2.75) is 16.3 Å². The molecule has 0 heterocycles. The number of hydrogen-bond donors (Lipinski definition) is 1. The van der Waals surface area contributed by atoms with Crippen LogP contribution in [0.5, 0.6) is 0 Å². The van der Waals surface area contributed by atoms with Crippen molar-refractivity contribution in [2.24, 2.45) is 0 Å². The van der Waals surface area contributed by atoms with Crippen molar-refractivity contribution in [3.05, 3.63) is 59.7 Å². The summed E-state index contributed by atoms with van der Waals surface area (Å²) in [7, 11) is 1.87. The minimum atomic E-state index is -0.817. The van der Waals surface area contributed by atoms with Crippen LogP contribution in [-0.2, 0) is 6.54 Å². The Labute approximate surface area is 109 Å². The molecular weight excluding hydrogens is 252 g/mol. The molecule has 0 saturated carbocycles. The molecule has 0 saturated heterocycles. The maximum atomic E-state index is 13.1. The summed E-state index contributed by atoms with van der Waals surface area (Å²) in [5, 5.41) is 3.08. The summed E-state index contributed by atoms with van der Waals surface area (Å²) in [4.78, 5) is 1.73. The van der Waals surface area contributed by atoms with Gasteiger partial charge in [-0.15, -0.1) is 0 Å². The monoisotopic (exact) mass is 265 g/mol. The van der Waals surface area contributed by atoms with Crippen LogP contribution in [0.15, 0.2) is 52.3 Å². The first-order valence-electron chi connectivity index (χ1n) is 5.56. The molecule has 0 radical (unpaired) electrons. The minimum Gasteiger partial charge on any atom is -0.316 e. The van der Waals surface area contributed by atoms with Crippen LogP contribution in [0.4, 0.5) is 8.78 Å². The first-order chi connectivity index (χ1) is 8.70. The molecule has 0 spiro atoms. The maximum Gasteiger partial charge on any atom is 0.159 e. The fourth-order valence-corrected chi connectivity index (χ4v) is 2.58. The van der Waals surface area contributed by atoms with Gasteiger partial charge in [-0.2, -0.15) is 0 Å². The molecular formula is C14H13F2NS. The van der Waals surface area contributed by atoms with E-state index in [0.717, 1.165) is 23.1 Å². The van der Waals surface area contributed by atoms with Gasteiger partial charge >= 0.3 is 0 Å². The predicted molar refractivity (Wildman–Crippen MR) is 69.7 cm³/mol. The molecule has 2 aromatic carbocycles. The van der Waals surface area contributed by atoms with Gasteiger partial charge in [0.05, 0.1) is 0 Å². The van der Waals surface area contributed by atoms with Gasteiger partial charge in [-0.1, -0.05) is 30.0 Å². The fourth-order valence-electron chi connectivity index (χ4n) is 1.61. The second-order valence-corrected chi connectivity index (χ2v) is 4.93. The molecule has 1 N–H and O–H groups in total. The highest BCUT2D eigenvalue weighted by Gasteiger charge is 2.06. The van der Waals surface area contributed by atoms with Crippen LogP contribution in [0.2, 0.25) is 0 Å². The average molecular weight is 265 g/mol. The van der Waals surface area contributed by atoms with Crippen LogP contribution in [-0.4, -0.2) is 7.05 Å². The molecule has 0 bridgehead atoms. The van der Waals surface area contributed by atoms with Crippen molar-refractivity contribution in [1.82, 2.24) is 5.32 Å². The summed E-state index contributed by atoms with van der Waals surface area (Å²) in [6, 6.07) is 11.8. The Bertz CT molecular complexity index is 543. The topological polar surface area (TPSA) is 12.0 Å². The summed E-state index contributed by atoms with van der Waals surface area (Å²) < 4.78 is 26.0. The Morgan fingerprint density at radius 2 is 1.83 bits per heavy atom. The van der Waals surface area contributed by atoms with Crippen LogP contribution < -0.4 is 5.32 Å². The summed E-state index contributed by atoms with van der Waals surface area (Å²) in [6.07, 6.45) is 0. The van der Waals surface area contributed by atoms with Gasteiger partial charge in [0.15, 0.2) is 11.6 Å². The molecule has 0 aliphatic heterocycles. The summed E-state index contributed by atoms with van der Waals surface area (Å²) >= 11 is 1.43. The van der Waals surface area contributed by atoms with Crippen LogP contribution in [0.3, 0.4) is 0 Å². The largest absolute Gasteiger partial charge is 0.316 e. The normalized spacial score (nSPS) is 10.6. The smallest absolute Gasteiger partial charge is 0.159 e. The van der Waals surface area contributed by atoms with E-state index in [1.807, 2.05) is 31.3 Å². The lowest BCUT2D eigenvalue weighted by atomic mass is 10.2. The van der Waals surface area contributed by atoms with E-state index >= 15 is 0 Å². The van der Waals surface area contributed by atoms with E-state index in [1.165, 1.54) is 17.8 Å².